The van der Waals surface area contributed by atoms with Crippen LogP contribution in [0, 0.1) is 0 Å². The van der Waals surface area contributed by atoms with E-state index in [0.29, 0.717) is 0 Å². The molecule has 0 saturated carbocycles. The van der Waals surface area contributed by atoms with Gasteiger partial charge in [0.05, 0.1) is 0 Å². The van der Waals surface area contributed by atoms with Crippen LogP contribution in [0.2, 0.25) is 0 Å². The lowest BCUT2D eigenvalue weighted by Crippen LogP contribution is -2.10. The third-order valence-electron chi connectivity index (χ3n) is 5.94. The summed E-state index contributed by atoms with van der Waals surface area (Å²) in [6.45, 7) is 0. The highest BCUT2D eigenvalue weighted by atomic mass is 15.0. The number of benzene rings is 3. The van der Waals surface area contributed by atoms with Crippen LogP contribution in [0.1, 0.15) is 22.5 Å². The van der Waals surface area contributed by atoms with Gasteiger partial charge in [0.1, 0.15) is 0 Å². The fraction of sp³-hybridized carbons (Fsp3) is 0.120. The Balaban J connectivity index is 1.74. The van der Waals surface area contributed by atoms with Crippen molar-refractivity contribution in [2.24, 2.45) is 0 Å². The van der Waals surface area contributed by atoms with Crippen molar-refractivity contribution in [1.29, 1.82) is 0 Å². The zero-order valence-electron chi connectivity index (χ0n) is 14.6. The molecule has 124 valence electrons. The number of fused-ring (bicyclic) bond motifs is 7. The fourth-order valence-electron chi connectivity index (χ4n) is 4.88. The van der Waals surface area contributed by atoms with Gasteiger partial charge < -0.3 is 4.57 Å². The van der Waals surface area contributed by atoms with Crippen LogP contribution in [0.4, 0.5) is 0 Å². The molecule has 2 aliphatic carbocycles. The van der Waals surface area contributed by atoms with Crippen LogP contribution in [0.3, 0.4) is 0 Å². The molecule has 26 heavy (non-hydrogen) atoms. The van der Waals surface area contributed by atoms with Crippen LogP contribution in [0.15, 0.2) is 78.9 Å². The number of hydrogen-bond acceptors (Lipinski definition) is 0. The first kappa shape index (κ1) is 14.1. The van der Waals surface area contributed by atoms with Gasteiger partial charge in [-0.3, -0.25) is 0 Å². The van der Waals surface area contributed by atoms with E-state index in [1.807, 2.05) is 0 Å². The summed E-state index contributed by atoms with van der Waals surface area (Å²) in [5.74, 6) is 0. The predicted molar refractivity (Wildman–Crippen MR) is 107 cm³/mol. The van der Waals surface area contributed by atoms with Gasteiger partial charge in [0.15, 0.2) is 0 Å². The highest BCUT2D eigenvalue weighted by Crippen LogP contribution is 2.50. The molecule has 0 atom stereocenters. The molecule has 0 radical (unpaired) electrons. The minimum absolute atomic E-state index is 1.02. The van der Waals surface area contributed by atoms with Crippen molar-refractivity contribution < 1.29 is 0 Å². The summed E-state index contributed by atoms with van der Waals surface area (Å²) in [6, 6.07) is 28.8. The zero-order valence-corrected chi connectivity index (χ0v) is 14.6. The predicted octanol–water partition coefficient (Wildman–Crippen LogP) is 5.81. The Morgan fingerprint density at radius 3 is 1.96 bits per heavy atom. The summed E-state index contributed by atoms with van der Waals surface area (Å²) >= 11 is 0. The monoisotopic (exact) mass is 333 g/mol. The van der Waals surface area contributed by atoms with Gasteiger partial charge in [-0.05, 0) is 47.2 Å². The highest BCUT2D eigenvalue weighted by Gasteiger charge is 2.33. The van der Waals surface area contributed by atoms with Crippen LogP contribution in [-0.2, 0) is 19.3 Å². The SMILES string of the molecule is c1ccc(-n2c3c(c4c2Cc2ccccc2-4)-c2ccccc2CC3)cc1. The molecule has 0 saturated heterocycles. The topological polar surface area (TPSA) is 4.93 Å². The van der Waals surface area contributed by atoms with E-state index in [0.717, 1.165) is 19.3 Å². The molecular weight excluding hydrogens is 314 g/mol. The zero-order chi connectivity index (χ0) is 17.1. The molecule has 3 aromatic carbocycles. The van der Waals surface area contributed by atoms with Gasteiger partial charge >= 0.3 is 0 Å². The lowest BCUT2D eigenvalue weighted by Gasteiger charge is -2.21. The van der Waals surface area contributed by atoms with E-state index in [-0.39, 0.29) is 0 Å². The Hall–Kier alpha value is -3.06. The molecule has 0 fully saturated rings. The number of para-hydroxylation sites is 1. The lowest BCUT2D eigenvalue weighted by molar-refractivity contribution is 0.830. The minimum atomic E-state index is 1.02. The molecule has 0 amide bonds. The molecule has 0 N–H and O–H groups in total. The van der Waals surface area contributed by atoms with Crippen molar-refractivity contribution in [1.82, 2.24) is 4.57 Å². The first-order valence-corrected chi connectivity index (χ1v) is 9.40. The van der Waals surface area contributed by atoms with Crippen molar-refractivity contribution in [3.05, 3.63) is 101 Å². The summed E-state index contributed by atoms with van der Waals surface area (Å²) in [7, 11) is 0. The van der Waals surface area contributed by atoms with Crippen LogP contribution >= 0.6 is 0 Å². The van der Waals surface area contributed by atoms with E-state index in [1.165, 1.54) is 50.5 Å². The second-order valence-electron chi connectivity index (χ2n) is 7.31. The third-order valence-corrected chi connectivity index (χ3v) is 5.94. The van der Waals surface area contributed by atoms with E-state index in [1.54, 1.807) is 0 Å². The van der Waals surface area contributed by atoms with Crippen molar-refractivity contribution in [3.63, 3.8) is 0 Å². The molecule has 0 unspecified atom stereocenters. The summed E-state index contributed by atoms with van der Waals surface area (Å²) in [5.41, 5.74) is 12.9. The molecule has 1 nitrogen and oxygen atoms in total. The highest BCUT2D eigenvalue weighted by molar-refractivity contribution is 5.94. The second-order valence-corrected chi connectivity index (χ2v) is 7.31. The maximum atomic E-state index is 2.54. The van der Waals surface area contributed by atoms with Gasteiger partial charge in [-0.15, -0.1) is 0 Å². The maximum Gasteiger partial charge on any atom is 0.0455 e. The standard InChI is InChI=1S/C25H19N/c1-2-10-19(11-3-1)26-22-15-14-17-8-4-6-12-20(17)24(22)25-21-13-7-5-9-18(21)16-23(25)26/h1-13H,14-16H2. The van der Waals surface area contributed by atoms with E-state index in [9.17, 15) is 0 Å². The van der Waals surface area contributed by atoms with Gasteiger partial charge in [0.2, 0.25) is 0 Å². The van der Waals surface area contributed by atoms with Crippen LogP contribution in [-0.4, -0.2) is 4.57 Å². The fourth-order valence-corrected chi connectivity index (χ4v) is 4.88. The molecular formula is C25H19N. The molecule has 0 bridgehead atoms. The molecule has 1 heteroatoms. The maximum absolute atomic E-state index is 2.54. The van der Waals surface area contributed by atoms with E-state index in [2.05, 4.69) is 83.4 Å². The molecule has 0 spiro atoms. The van der Waals surface area contributed by atoms with E-state index < -0.39 is 0 Å². The van der Waals surface area contributed by atoms with E-state index >= 15 is 0 Å². The Labute approximate surface area is 153 Å². The minimum Gasteiger partial charge on any atom is -0.316 e. The summed E-state index contributed by atoms with van der Waals surface area (Å²) < 4.78 is 2.54. The Kier molecular flexibility index (Phi) is 2.84. The van der Waals surface area contributed by atoms with Gasteiger partial charge in [0, 0.05) is 34.6 Å². The number of rotatable bonds is 1. The molecule has 6 rings (SSSR count). The van der Waals surface area contributed by atoms with Gasteiger partial charge in [-0.25, -0.2) is 0 Å². The second kappa shape index (κ2) is 5.22. The summed E-state index contributed by atoms with van der Waals surface area (Å²) in [4.78, 5) is 0. The molecule has 1 aromatic heterocycles. The van der Waals surface area contributed by atoms with Crippen LogP contribution in [0.5, 0.6) is 0 Å². The third kappa shape index (κ3) is 1.80. The Morgan fingerprint density at radius 1 is 0.538 bits per heavy atom. The molecule has 0 aliphatic heterocycles. The molecule has 4 aromatic rings. The average Bonchev–Trinajstić information content (AvgIpc) is 3.22. The van der Waals surface area contributed by atoms with Crippen molar-refractivity contribution in [2.45, 2.75) is 19.3 Å². The quantitative estimate of drug-likeness (QED) is 0.364. The van der Waals surface area contributed by atoms with Crippen LogP contribution < -0.4 is 0 Å². The largest absolute Gasteiger partial charge is 0.316 e. The first-order valence-electron chi connectivity index (χ1n) is 9.40. The number of aryl methyl sites for hydroxylation is 1. The molecule has 1 heterocycles. The lowest BCUT2D eigenvalue weighted by atomic mass is 9.86. The number of hydrogen-bond donors (Lipinski definition) is 0. The van der Waals surface area contributed by atoms with Gasteiger partial charge in [-0.1, -0.05) is 66.7 Å². The summed E-state index contributed by atoms with van der Waals surface area (Å²) in [5, 5.41) is 0. The van der Waals surface area contributed by atoms with Crippen molar-refractivity contribution in [2.75, 3.05) is 0 Å². The van der Waals surface area contributed by atoms with Gasteiger partial charge in [-0.2, -0.15) is 0 Å². The van der Waals surface area contributed by atoms with Crippen LogP contribution in [0.25, 0.3) is 27.9 Å². The number of nitrogens with zero attached hydrogens (tertiary/aromatic N) is 1. The smallest absolute Gasteiger partial charge is 0.0455 e. The van der Waals surface area contributed by atoms with Gasteiger partial charge in [0.25, 0.3) is 0 Å². The average molecular weight is 333 g/mol. The molecule has 2 aliphatic rings. The first-order chi connectivity index (χ1) is 12.9. The summed E-state index contributed by atoms with van der Waals surface area (Å²) in [6.07, 6.45) is 3.26. The van der Waals surface area contributed by atoms with Crippen molar-refractivity contribution >= 4 is 0 Å². The van der Waals surface area contributed by atoms with Crippen molar-refractivity contribution in [3.8, 4) is 27.9 Å². The Bertz CT molecular complexity index is 1150. The normalized spacial score (nSPS) is 13.7. The number of aromatic nitrogens is 1. The Morgan fingerprint density at radius 2 is 1.15 bits per heavy atom. The van der Waals surface area contributed by atoms with E-state index in [4.69, 9.17) is 0 Å².